The minimum atomic E-state index is 0.574. The highest BCUT2D eigenvalue weighted by molar-refractivity contribution is 5.02. The summed E-state index contributed by atoms with van der Waals surface area (Å²) in [7, 11) is 2.06. The monoisotopic (exact) mass is 165 g/mol. The molecule has 0 aromatic heterocycles. The molecule has 2 aliphatic rings. The second-order valence-corrected chi connectivity index (χ2v) is 4.30. The van der Waals surface area contributed by atoms with Crippen molar-refractivity contribution in [3.05, 3.63) is 12.7 Å². The lowest BCUT2D eigenvalue weighted by Gasteiger charge is -2.23. The van der Waals surface area contributed by atoms with Crippen molar-refractivity contribution < 1.29 is 0 Å². The van der Waals surface area contributed by atoms with Gasteiger partial charge in [0.05, 0.1) is 0 Å². The Balaban J connectivity index is 1.97. The van der Waals surface area contributed by atoms with Gasteiger partial charge in [0, 0.05) is 6.04 Å². The van der Waals surface area contributed by atoms with Gasteiger partial charge in [0.25, 0.3) is 0 Å². The fourth-order valence-electron chi connectivity index (χ4n) is 2.40. The molecule has 2 fully saturated rings. The molecule has 1 heteroatoms. The van der Waals surface area contributed by atoms with E-state index < -0.39 is 0 Å². The molecular weight excluding hydrogens is 146 g/mol. The Labute approximate surface area is 75.2 Å². The third kappa shape index (κ3) is 1.56. The van der Waals surface area contributed by atoms with E-state index in [1.54, 1.807) is 0 Å². The minimum Gasteiger partial charge on any atom is -0.313 e. The van der Waals surface area contributed by atoms with E-state index >= 15 is 0 Å². The van der Waals surface area contributed by atoms with Gasteiger partial charge in [0.2, 0.25) is 0 Å². The predicted molar refractivity (Wildman–Crippen MR) is 52.0 cm³/mol. The van der Waals surface area contributed by atoms with Gasteiger partial charge < -0.3 is 5.32 Å². The first-order valence-corrected chi connectivity index (χ1v) is 5.16. The van der Waals surface area contributed by atoms with E-state index in [1.807, 2.05) is 0 Å². The topological polar surface area (TPSA) is 12.0 Å². The summed E-state index contributed by atoms with van der Waals surface area (Å²) in [6, 6.07) is 0.574. The molecule has 12 heavy (non-hydrogen) atoms. The van der Waals surface area contributed by atoms with Crippen molar-refractivity contribution in [2.45, 2.75) is 31.7 Å². The highest BCUT2D eigenvalue weighted by Crippen LogP contribution is 2.50. The third-order valence-corrected chi connectivity index (χ3v) is 3.33. The van der Waals surface area contributed by atoms with Crippen LogP contribution in [0, 0.1) is 17.8 Å². The molecular formula is C11H19N. The first kappa shape index (κ1) is 8.31. The van der Waals surface area contributed by atoms with Crippen LogP contribution in [0.4, 0.5) is 0 Å². The fraction of sp³-hybridized carbons (Fsp3) is 0.818. The lowest BCUT2D eigenvalue weighted by atomic mass is 9.89. The van der Waals surface area contributed by atoms with E-state index in [2.05, 4.69) is 25.0 Å². The highest BCUT2D eigenvalue weighted by atomic mass is 14.9. The van der Waals surface area contributed by atoms with Crippen molar-refractivity contribution >= 4 is 0 Å². The number of rotatable bonds is 5. The summed E-state index contributed by atoms with van der Waals surface area (Å²) >= 11 is 0. The zero-order chi connectivity index (χ0) is 8.55. The Bertz CT molecular complexity index is 156. The second-order valence-electron chi connectivity index (χ2n) is 4.30. The highest BCUT2D eigenvalue weighted by Gasteiger charge is 2.44. The molecule has 0 aliphatic heterocycles. The first-order chi connectivity index (χ1) is 5.86. The molecule has 1 N–H and O–H groups in total. The maximum Gasteiger partial charge on any atom is 0.0278 e. The summed E-state index contributed by atoms with van der Waals surface area (Å²) in [6.07, 6.45) is 7.96. The zero-order valence-electron chi connectivity index (χ0n) is 7.92. The molecule has 0 heterocycles. The average molecular weight is 165 g/mol. The molecule has 1 unspecified atom stereocenters. The smallest absolute Gasteiger partial charge is 0.0278 e. The Kier molecular flexibility index (Phi) is 2.22. The van der Waals surface area contributed by atoms with Crippen LogP contribution in [0.25, 0.3) is 0 Å². The molecule has 1 atom stereocenters. The molecule has 0 amide bonds. The maximum absolute atomic E-state index is 3.91. The molecule has 0 saturated heterocycles. The maximum atomic E-state index is 3.91. The van der Waals surface area contributed by atoms with Crippen LogP contribution in [0.2, 0.25) is 0 Å². The summed E-state index contributed by atoms with van der Waals surface area (Å²) in [5.74, 6) is 2.95. The third-order valence-electron chi connectivity index (χ3n) is 3.33. The second kappa shape index (κ2) is 3.21. The van der Waals surface area contributed by atoms with E-state index in [0.717, 1.165) is 17.8 Å². The summed E-state index contributed by atoms with van der Waals surface area (Å²) < 4.78 is 0. The van der Waals surface area contributed by atoms with Crippen LogP contribution in [0.15, 0.2) is 12.7 Å². The van der Waals surface area contributed by atoms with Gasteiger partial charge in [-0.2, -0.15) is 0 Å². The summed E-state index contributed by atoms with van der Waals surface area (Å²) in [5.41, 5.74) is 0. The van der Waals surface area contributed by atoms with Gasteiger partial charge in [-0.05, 0) is 50.5 Å². The van der Waals surface area contributed by atoms with Crippen molar-refractivity contribution in [3.8, 4) is 0 Å². The molecule has 0 spiro atoms. The van der Waals surface area contributed by atoms with E-state index in [-0.39, 0.29) is 0 Å². The largest absolute Gasteiger partial charge is 0.313 e. The SMILES string of the molecule is C=CC(NC)C(C1CC1)C1CC1. The molecule has 0 radical (unpaired) electrons. The molecule has 0 aromatic carbocycles. The van der Waals surface area contributed by atoms with Crippen LogP contribution in [-0.2, 0) is 0 Å². The van der Waals surface area contributed by atoms with Gasteiger partial charge in [-0.15, -0.1) is 6.58 Å². The molecule has 0 aromatic rings. The molecule has 2 rings (SSSR count). The molecule has 2 aliphatic carbocycles. The van der Waals surface area contributed by atoms with Crippen molar-refractivity contribution in [1.82, 2.24) is 5.32 Å². The van der Waals surface area contributed by atoms with Gasteiger partial charge >= 0.3 is 0 Å². The normalized spacial score (nSPS) is 25.8. The Morgan fingerprint density at radius 2 is 1.75 bits per heavy atom. The predicted octanol–water partition coefficient (Wildman–Crippen LogP) is 2.20. The molecule has 1 nitrogen and oxygen atoms in total. The van der Waals surface area contributed by atoms with Gasteiger partial charge in [0.1, 0.15) is 0 Å². The van der Waals surface area contributed by atoms with Crippen molar-refractivity contribution in [1.29, 1.82) is 0 Å². The van der Waals surface area contributed by atoms with Crippen LogP contribution in [0.3, 0.4) is 0 Å². The van der Waals surface area contributed by atoms with Crippen molar-refractivity contribution in [3.63, 3.8) is 0 Å². The lowest BCUT2D eigenvalue weighted by Crippen LogP contribution is -2.34. The van der Waals surface area contributed by atoms with E-state index in [9.17, 15) is 0 Å². The number of nitrogens with one attached hydrogen (secondary N) is 1. The molecule has 2 saturated carbocycles. The van der Waals surface area contributed by atoms with Crippen LogP contribution in [-0.4, -0.2) is 13.1 Å². The standard InChI is InChI=1S/C11H19N/c1-3-10(12-2)11(8-4-5-8)9-6-7-9/h3,8-12H,1,4-7H2,2H3. The van der Waals surface area contributed by atoms with Crippen LogP contribution < -0.4 is 5.32 Å². The van der Waals surface area contributed by atoms with Gasteiger partial charge in [0.15, 0.2) is 0 Å². The van der Waals surface area contributed by atoms with Gasteiger partial charge in [-0.3, -0.25) is 0 Å². The number of hydrogen-bond acceptors (Lipinski definition) is 1. The summed E-state index contributed by atoms with van der Waals surface area (Å²) in [5, 5.41) is 3.38. The first-order valence-electron chi connectivity index (χ1n) is 5.16. The fourth-order valence-corrected chi connectivity index (χ4v) is 2.40. The summed E-state index contributed by atoms with van der Waals surface area (Å²) in [6.45, 7) is 3.91. The van der Waals surface area contributed by atoms with Gasteiger partial charge in [-0.1, -0.05) is 6.08 Å². The molecule has 68 valence electrons. The van der Waals surface area contributed by atoms with Crippen molar-refractivity contribution in [2.24, 2.45) is 17.8 Å². The number of likely N-dealkylation sites (N-methyl/N-ethyl adjacent to an activating group) is 1. The van der Waals surface area contributed by atoms with E-state index in [1.165, 1.54) is 25.7 Å². The van der Waals surface area contributed by atoms with Gasteiger partial charge in [-0.25, -0.2) is 0 Å². The minimum absolute atomic E-state index is 0.574. The van der Waals surface area contributed by atoms with E-state index in [0.29, 0.717) is 6.04 Å². The number of hydrogen-bond donors (Lipinski definition) is 1. The Hall–Kier alpha value is -0.300. The summed E-state index contributed by atoms with van der Waals surface area (Å²) in [4.78, 5) is 0. The quantitative estimate of drug-likeness (QED) is 0.616. The average Bonchev–Trinajstić information content (AvgIpc) is 2.92. The van der Waals surface area contributed by atoms with Crippen LogP contribution >= 0.6 is 0 Å². The Morgan fingerprint density at radius 3 is 2.00 bits per heavy atom. The zero-order valence-corrected chi connectivity index (χ0v) is 7.92. The van der Waals surface area contributed by atoms with E-state index in [4.69, 9.17) is 0 Å². The lowest BCUT2D eigenvalue weighted by molar-refractivity contribution is 0.336. The Morgan fingerprint density at radius 1 is 1.25 bits per heavy atom. The molecule has 0 bridgehead atoms. The van der Waals surface area contributed by atoms with Crippen LogP contribution in [0.1, 0.15) is 25.7 Å². The van der Waals surface area contributed by atoms with Crippen molar-refractivity contribution in [2.75, 3.05) is 7.05 Å². The van der Waals surface area contributed by atoms with Crippen LogP contribution in [0.5, 0.6) is 0 Å².